The Kier molecular flexibility index (Phi) is 7.24. The Labute approximate surface area is 198 Å². The molecule has 0 spiro atoms. The molecule has 172 valence electrons. The van der Waals surface area contributed by atoms with Gasteiger partial charge in [0.25, 0.3) is 0 Å². The molecular weight excluding hydrogens is 438 g/mol. The Morgan fingerprint density at radius 1 is 1.18 bits per heavy atom. The van der Waals surface area contributed by atoms with Crippen molar-refractivity contribution in [3.8, 4) is 17.1 Å². The van der Waals surface area contributed by atoms with Crippen LogP contribution in [0.4, 0.5) is 0 Å². The van der Waals surface area contributed by atoms with Crippen molar-refractivity contribution in [3.05, 3.63) is 72.2 Å². The van der Waals surface area contributed by atoms with E-state index in [4.69, 9.17) is 26.1 Å². The second-order valence-electron chi connectivity index (χ2n) is 7.66. The summed E-state index contributed by atoms with van der Waals surface area (Å²) in [5.41, 5.74) is 1.84. The summed E-state index contributed by atoms with van der Waals surface area (Å²) in [5.74, 6) is 2.13. The molecule has 3 aromatic rings. The number of nitrogens with one attached hydrogen (secondary N) is 1. The van der Waals surface area contributed by atoms with Gasteiger partial charge < -0.3 is 24.1 Å². The quantitative estimate of drug-likeness (QED) is 0.361. The SMILES string of the molecule is CCOc1ccc(-c2ccc(C3C(c4ccccn4)NC(=S)N3CCCC(=O)OC)o2)cc1. The smallest absolute Gasteiger partial charge is 0.305 e. The van der Waals surface area contributed by atoms with Gasteiger partial charge in [-0.1, -0.05) is 6.07 Å². The maximum atomic E-state index is 11.6. The van der Waals surface area contributed by atoms with E-state index in [1.165, 1.54) is 7.11 Å². The number of nitrogens with zero attached hydrogens (tertiary/aromatic N) is 2. The van der Waals surface area contributed by atoms with Gasteiger partial charge in [0.05, 0.1) is 25.5 Å². The van der Waals surface area contributed by atoms with Crippen LogP contribution in [0.2, 0.25) is 0 Å². The first-order valence-electron chi connectivity index (χ1n) is 11.0. The first-order chi connectivity index (χ1) is 16.1. The summed E-state index contributed by atoms with van der Waals surface area (Å²) in [6.45, 7) is 3.18. The number of thiocarbonyl (C=S) groups is 1. The minimum atomic E-state index is -0.235. The molecule has 1 aromatic carbocycles. The Morgan fingerprint density at radius 3 is 2.70 bits per heavy atom. The van der Waals surface area contributed by atoms with E-state index in [2.05, 4.69) is 15.2 Å². The molecule has 33 heavy (non-hydrogen) atoms. The third kappa shape index (κ3) is 5.17. The summed E-state index contributed by atoms with van der Waals surface area (Å²) in [7, 11) is 1.40. The van der Waals surface area contributed by atoms with Gasteiger partial charge in [0, 0.05) is 24.7 Å². The van der Waals surface area contributed by atoms with Crippen molar-refractivity contribution in [1.82, 2.24) is 15.2 Å². The zero-order chi connectivity index (χ0) is 23.2. The fourth-order valence-corrected chi connectivity index (χ4v) is 4.33. The Balaban J connectivity index is 1.61. The summed E-state index contributed by atoms with van der Waals surface area (Å²) in [4.78, 5) is 18.2. The molecular formula is C25H27N3O4S. The molecule has 3 heterocycles. The first kappa shape index (κ1) is 22.8. The number of carbonyl (C=O) groups is 1. The number of pyridine rings is 1. The number of methoxy groups -OCH3 is 1. The van der Waals surface area contributed by atoms with Crippen LogP contribution < -0.4 is 10.1 Å². The monoisotopic (exact) mass is 465 g/mol. The molecule has 1 saturated heterocycles. The third-order valence-electron chi connectivity index (χ3n) is 5.57. The van der Waals surface area contributed by atoms with Gasteiger partial charge in [0.15, 0.2) is 5.11 Å². The summed E-state index contributed by atoms with van der Waals surface area (Å²) < 4.78 is 16.6. The summed E-state index contributed by atoms with van der Waals surface area (Å²) in [6.07, 6.45) is 2.71. The largest absolute Gasteiger partial charge is 0.494 e. The van der Waals surface area contributed by atoms with Crippen molar-refractivity contribution in [2.75, 3.05) is 20.3 Å². The van der Waals surface area contributed by atoms with Crippen molar-refractivity contribution >= 4 is 23.3 Å². The minimum Gasteiger partial charge on any atom is -0.494 e. The highest BCUT2D eigenvalue weighted by Gasteiger charge is 2.41. The van der Waals surface area contributed by atoms with Crippen LogP contribution in [0.5, 0.6) is 5.75 Å². The number of rotatable bonds is 9. The van der Waals surface area contributed by atoms with Gasteiger partial charge in [-0.05, 0) is 74.1 Å². The van der Waals surface area contributed by atoms with Crippen LogP contribution in [0.15, 0.2) is 65.2 Å². The molecule has 1 aliphatic rings. The van der Waals surface area contributed by atoms with E-state index in [0.29, 0.717) is 31.1 Å². The summed E-state index contributed by atoms with van der Waals surface area (Å²) >= 11 is 5.66. The fourth-order valence-electron chi connectivity index (χ4n) is 4.00. The zero-order valence-electron chi connectivity index (χ0n) is 18.7. The van der Waals surface area contributed by atoms with Gasteiger partial charge in [-0.25, -0.2) is 0 Å². The third-order valence-corrected chi connectivity index (χ3v) is 5.93. The summed E-state index contributed by atoms with van der Waals surface area (Å²) in [5, 5.41) is 4.00. The van der Waals surface area contributed by atoms with E-state index in [9.17, 15) is 4.79 Å². The van der Waals surface area contributed by atoms with Crippen molar-refractivity contribution in [2.45, 2.75) is 31.8 Å². The second-order valence-corrected chi connectivity index (χ2v) is 8.05. The highest BCUT2D eigenvalue weighted by molar-refractivity contribution is 7.80. The van der Waals surface area contributed by atoms with E-state index in [0.717, 1.165) is 28.5 Å². The molecule has 0 saturated carbocycles. The van der Waals surface area contributed by atoms with Crippen LogP contribution in [-0.2, 0) is 9.53 Å². The van der Waals surface area contributed by atoms with Crippen molar-refractivity contribution in [2.24, 2.45) is 0 Å². The molecule has 1 fully saturated rings. The molecule has 7 nitrogen and oxygen atoms in total. The van der Waals surface area contributed by atoms with Crippen LogP contribution in [0.1, 0.15) is 43.3 Å². The van der Waals surface area contributed by atoms with Crippen LogP contribution in [-0.4, -0.2) is 41.2 Å². The van der Waals surface area contributed by atoms with Gasteiger partial charge in [-0.2, -0.15) is 0 Å². The lowest BCUT2D eigenvalue weighted by molar-refractivity contribution is -0.140. The van der Waals surface area contributed by atoms with E-state index in [1.807, 2.05) is 61.5 Å². The molecule has 0 amide bonds. The molecule has 2 aromatic heterocycles. The second kappa shape index (κ2) is 10.5. The Morgan fingerprint density at radius 2 is 2.00 bits per heavy atom. The van der Waals surface area contributed by atoms with Gasteiger partial charge in [-0.15, -0.1) is 0 Å². The number of benzene rings is 1. The average Bonchev–Trinajstić information content (AvgIpc) is 3.45. The predicted octanol–water partition coefficient (Wildman–Crippen LogP) is 4.67. The lowest BCUT2D eigenvalue weighted by atomic mass is 10.0. The topological polar surface area (TPSA) is 76.8 Å². The normalized spacial score (nSPS) is 17.6. The van der Waals surface area contributed by atoms with E-state index in [-0.39, 0.29) is 18.1 Å². The van der Waals surface area contributed by atoms with Crippen LogP contribution in [0.25, 0.3) is 11.3 Å². The number of hydrogen-bond donors (Lipinski definition) is 1. The molecule has 4 rings (SSSR count). The van der Waals surface area contributed by atoms with Crippen molar-refractivity contribution < 1.29 is 18.7 Å². The molecule has 0 radical (unpaired) electrons. The molecule has 8 heteroatoms. The average molecular weight is 466 g/mol. The number of esters is 1. The number of carbonyl (C=O) groups excluding carboxylic acids is 1. The van der Waals surface area contributed by atoms with Gasteiger partial charge >= 0.3 is 5.97 Å². The first-order valence-corrected chi connectivity index (χ1v) is 11.4. The highest BCUT2D eigenvalue weighted by Crippen LogP contribution is 2.40. The minimum absolute atomic E-state index is 0.170. The van der Waals surface area contributed by atoms with Crippen molar-refractivity contribution in [3.63, 3.8) is 0 Å². The van der Waals surface area contributed by atoms with E-state index in [1.54, 1.807) is 6.20 Å². The van der Waals surface area contributed by atoms with Crippen LogP contribution >= 0.6 is 12.2 Å². The van der Waals surface area contributed by atoms with E-state index >= 15 is 0 Å². The molecule has 0 aliphatic carbocycles. The van der Waals surface area contributed by atoms with Crippen LogP contribution in [0, 0.1) is 0 Å². The lowest BCUT2D eigenvalue weighted by Crippen LogP contribution is -2.30. The Bertz CT molecular complexity index is 1080. The zero-order valence-corrected chi connectivity index (χ0v) is 19.5. The number of ether oxygens (including phenoxy) is 2. The molecule has 2 atom stereocenters. The molecule has 1 N–H and O–H groups in total. The highest BCUT2D eigenvalue weighted by atomic mass is 32.1. The standard InChI is InChI=1S/C25H27N3O4S/c1-3-31-18-11-9-17(10-12-18)20-13-14-21(32-20)24-23(19-7-4-5-15-26-19)27-25(33)28(24)16-6-8-22(29)30-2/h4-5,7,9-15,23-24H,3,6,8,16H2,1-2H3,(H,27,33). The molecule has 2 unspecified atom stereocenters. The lowest BCUT2D eigenvalue weighted by Gasteiger charge is -2.25. The van der Waals surface area contributed by atoms with Gasteiger partial charge in [0.2, 0.25) is 0 Å². The van der Waals surface area contributed by atoms with Gasteiger partial charge in [-0.3, -0.25) is 9.78 Å². The fraction of sp³-hybridized carbons (Fsp3) is 0.320. The number of hydrogen-bond acceptors (Lipinski definition) is 6. The van der Waals surface area contributed by atoms with E-state index < -0.39 is 0 Å². The molecule has 1 aliphatic heterocycles. The number of aromatic nitrogens is 1. The maximum absolute atomic E-state index is 11.6. The van der Waals surface area contributed by atoms with Gasteiger partial charge in [0.1, 0.15) is 23.3 Å². The Hall–Kier alpha value is -3.39. The van der Waals surface area contributed by atoms with Crippen molar-refractivity contribution in [1.29, 1.82) is 0 Å². The number of furan rings is 1. The van der Waals surface area contributed by atoms with Crippen LogP contribution in [0.3, 0.4) is 0 Å². The predicted molar refractivity (Wildman–Crippen MR) is 129 cm³/mol. The summed E-state index contributed by atoms with van der Waals surface area (Å²) in [6, 6.07) is 17.2. The maximum Gasteiger partial charge on any atom is 0.305 e. The molecule has 0 bridgehead atoms.